The lowest BCUT2D eigenvalue weighted by Crippen LogP contribution is -2.31. The molecule has 0 atom stereocenters. The molecule has 18 heavy (non-hydrogen) atoms. The molecule has 100 valence electrons. The van der Waals surface area contributed by atoms with Gasteiger partial charge in [-0.1, -0.05) is 0 Å². The SMILES string of the molecule is CNc1nc(C)cc(NCCC(=O)NC(C)C)n1. The van der Waals surface area contributed by atoms with E-state index in [1.807, 2.05) is 26.8 Å². The zero-order chi connectivity index (χ0) is 13.5. The quantitative estimate of drug-likeness (QED) is 0.707. The van der Waals surface area contributed by atoms with E-state index in [9.17, 15) is 4.79 Å². The van der Waals surface area contributed by atoms with Crippen LogP contribution in [0.2, 0.25) is 0 Å². The zero-order valence-corrected chi connectivity index (χ0v) is 11.4. The van der Waals surface area contributed by atoms with E-state index in [0.717, 1.165) is 11.5 Å². The molecule has 6 nitrogen and oxygen atoms in total. The van der Waals surface area contributed by atoms with E-state index in [2.05, 4.69) is 25.9 Å². The highest BCUT2D eigenvalue weighted by Gasteiger charge is 2.04. The number of aromatic nitrogens is 2. The Labute approximate surface area is 108 Å². The number of aryl methyl sites for hydroxylation is 1. The molecule has 0 aliphatic carbocycles. The molecule has 0 unspecified atom stereocenters. The molecule has 0 saturated heterocycles. The van der Waals surface area contributed by atoms with Crippen LogP contribution in [0.25, 0.3) is 0 Å². The maximum absolute atomic E-state index is 11.4. The number of amides is 1. The summed E-state index contributed by atoms with van der Waals surface area (Å²) >= 11 is 0. The minimum absolute atomic E-state index is 0.0390. The maximum Gasteiger partial charge on any atom is 0.224 e. The lowest BCUT2D eigenvalue weighted by Gasteiger charge is -2.10. The Bertz CT molecular complexity index is 405. The Morgan fingerprint density at radius 1 is 1.39 bits per heavy atom. The van der Waals surface area contributed by atoms with Gasteiger partial charge in [-0.25, -0.2) is 4.98 Å². The molecule has 0 aliphatic rings. The van der Waals surface area contributed by atoms with Gasteiger partial charge in [0.1, 0.15) is 5.82 Å². The van der Waals surface area contributed by atoms with Gasteiger partial charge in [0, 0.05) is 37.8 Å². The van der Waals surface area contributed by atoms with Crippen molar-refractivity contribution in [1.82, 2.24) is 15.3 Å². The third kappa shape index (κ3) is 4.99. The van der Waals surface area contributed by atoms with Crippen LogP contribution in [-0.4, -0.2) is 35.5 Å². The summed E-state index contributed by atoms with van der Waals surface area (Å²) in [5, 5.41) is 8.84. The molecule has 1 rings (SSSR count). The highest BCUT2D eigenvalue weighted by molar-refractivity contribution is 5.76. The molecule has 0 saturated carbocycles. The van der Waals surface area contributed by atoms with E-state index < -0.39 is 0 Å². The highest BCUT2D eigenvalue weighted by atomic mass is 16.1. The Kier molecular flexibility index (Phi) is 5.35. The number of nitrogens with zero attached hydrogens (tertiary/aromatic N) is 2. The van der Waals surface area contributed by atoms with Crippen LogP contribution in [-0.2, 0) is 4.79 Å². The molecular weight excluding hydrogens is 230 g/mol. The lowest BCUT2D eigenvalue weighted by atomic mass is 10.3. The number of rotatable bonds is 6. The van der Waals surface area contributed by atoms with Gasteiger partial charge in [0.25, 0.3) is 0 Å². The van der Waals surface area contributed by atoms with E-state index in [1.54, 1.807) is 7.05 Å². The van der Waals surface area contributed by atoms with E-state index in [0.29, 0.717) is 18.9 Å². The zero-order valence-electron chi connectivity index (χ0n) is 11.4. The van der Waals surface area contributed by atoms with Crippen LogP contribution < -0.4 is 16.0 Å². The van der Waals surface area contributed by atoms with Gasteiger partial charge in [0.15, 0.2) is 0 Å². The minimum atomic E-state index is 0.0390. The molecule has 6 heteroatoms. The van der Waals surface area contributed by atoms with Crippen LogP contribution in [0, 0.1) is 6.92 Å². The summed E-state index contributed by atoms with van der Waals surface area (Å²) in [7, 11) is 1.77. The number of carbonyl (C=O) groups excluding carboxylic acids is 1. The van der Waals surface area contributed by atoms with Crippen molar-refractivity contribution < 1.29 is 4.79 Å². The van der Waals surface area contributed by atoms with Crippen molar-refractivity contribution in [3.63, 3.8) is 0 Å². The van der Waals surface area contributed by atoms with Crippen molar-refractivity contribution in [2.45, 2.75) is 33.2 Å². The molecule has 1 aromatic rings. The summed E-state index contributed by atoms with van der Waals surface area (Å²) in [4.78, 5) is 19.9. The van der Waals surface area contributed by atoms with E-state index in [4.69, 9.17) is 0 Å². The normalized spacial score (nSPS) is 10.3. The van der Waals surface area contributed by atoms with Crippen molar-refractivity contribution >= 4 is 17.7 Å². The fourth-order valence-electron chi connectivity index (χ4n) is 1.47. The summed E-state index contributed by atoms with van der Waals surface area (Å²) in [5.74, 6) is 1.34. The summed E-state index contributed by atoms with van der Waals surface area (Å²) < 4.78 is 0. The Morgan fingerprint density at radius 2 is 2.11 bits per heavy atom. The molecule has 0 spiro atoms. The molecular formula is C12H21N5O. The van der Waals surface area contributed by atoms with E-state index in [1.165, 1.54) is 0 Å². The largest absolute Gasteiger partial charge is 0.369 e. The average Bonchev–Trinajstić information content (AvgIpc) is 2.27. The van der Waals surface area contributed by atoms with Gasteiger partial charge in [-0.05, 0) is 20.8 Å². The van der Waals surface area contributed by atoms with Crippen LogP contribution in [0.5, 0.6) is 0 Å². The van der Waals surface area contributed by atoms with Crippen LogP contribution in [0.4, 0.5) is 11.8 Å². The first kappa shape index (κ1) is 14.2. The second-order valence-corrected chi connectivity index (χ2v) is 4.37. The third-order valence-electron chi connectivity index (χ3n) is 2.19. The van der Waals surface area contributed by atoms with Crippen molar-refractivity contribution in [1.29, 1.82) is 0 Å². The number of hydrogen-bond donors (Lipinski definition) is 3. The monoisotopic (exact) mass is 251 g/mol. The van der Waals surface area contributed by atoms with Gasteiger partial charge >= 0.3 is 0 Å². The lowest BCUT2D eigenvalue weighted by molar-refractivity contribution is -0.121. The molecule has 0 radical (unpaired) electrons. The van der Waals surface area contributed by atoms with Crippen LogP contribution in [0.15, 0.2) is 6.07 Å². The second kappa shape index (κ2) is 6.78. The van der Waals surface area contributed by atoms with Gasteiger partial charge in [-0.3, -0.25) is 4.79 Å². The molecule has 0 bridgehead atoms. The fraction of sp³-hybridized carbons (Fsp3) is 0.583. The standard InChI is InChI=1S/C12H21N5O/c1-8(2)15-11(18)5-6-14-10-7-9(3)16-12(13-4)17-10/h7-8H,5-6H2,1-4H3,(H,15,18)(H2,13,14,16,17). The van der Waals surface area contributed by atoms with Crippen molar-refractivity contribution in [3.05, 3.63) is 11.8 Å². The summed E-state index contributed by atoms with van der Waals surface area (Å²) in [5.41, 5.74) is 0.878. The molecule has 1 amide bonds. The van der Waals surface area contributed by atoms with E-state index in [-0.39, 0.29) is 11.9 Å². The van der Waals surface area contributed by atoms with E-state index >= 15 is 0 Å². The number of nitrogens with one attached hydrogen (secondary N) is 3. The molecule has 0 fully saturated rings. The molecule has 1 heterocycles. The first-order valence-electron chi connectivity index (χ1n) is 6.08. The van der Waals surface area contributed by atoms with Gasteiger partial charge in [-0.2, -0.15) is 4.98 Å². The summed E-state index contributed by atoms with van der Waals surface area (Å²) in [6.45, 7) is 6.34. The minimum Gasteiger partial charge on any atom is -0.369 e. The van der Waals surface area contributed by atoms with Crippen molar-refractivity contribution in [3.8, 4) is 0 Å². The summed E-state index contributed by atoms with van der Waals surface area (Å²) in [6.07, 6.45) is 0.427. The average molecular weight is 251 g/mol. The summed E-state index contributed by atoms with van der Waals surface area (Å²) in [6, 6.07) is 2.02. The Hall–Kier alpha value is -1.85. The topological polar surface area (TPSA) is 78.9 Å². The highest BCUT2D eigenvalue weighted by Crippen LogP contribution is 2.08. The second-order valence-electron chi connectivity index (χ2n) is 4.37. The Balaban J connectivity index is 2.44. The fourth-order valence-corrected chi connectivity index (χ4v) is 1.47. The number of anilines is 2. The molecule has 3 N–H and O–H groups in total. The molecule has 0 aromatic carbocycles. The van der Waals surface area contributed by atoms with Gasteiger partial charge in [-0.15, -0.1) is 0 Å². The van der Waals surface area contributed by atoms with Crippen molar-refractivity contribution in [2.75, 3.05) is 24.2 Å². The predicted octanol–water partition coefficient (Wildman–Crippen LogP) is 1.15. The van der Waals surface area contributed by atoms with Gasteiger partial charge in [0.05, 0.1) is 0 Å². The van der Waals surface area contributed by atoms with Gasteiger partial charge in [0.2, 0.25) is 11.9 Å². The van der Waals surface area contributed by atoms with Crippen molar-refractivity contribution in [2.24, 2.45) is 0 Å². The maximum atomic E-state index is 11.4. The van der Waals surface area contributed by atoms with Crippen LogP contribution >= 0.6 is 0 Å². The number of hydrogen-bond acceptors (Lipinski definition) is 5. The molecule has 1 aromatic heterocycles. The van der Waals surface area contributed by atoms with Crippen LogP contribution in [0.1, 0.15) is 26.0 Å². The third-order valence-corrected chi connectivity index (χ3v) is 2.19. The molecule has 0 aliphatic heterocycles. The first-order valence-corrected chi connectivity index (χ1v) is 6.08. The van der Waals surface area contributed by atoms with Gasteiger partial charge < -0.3 is 16.0 Å². The van der Waals surface area contributed by atoms with Crippen LogP contribution in [0.3, 0.4) is 0 Å². The first-order chi connectivity index (χ1) is 8.51. The Morgan fingerprint density at radius 3 is 2.72 bits per heavy atom. The number of carbonyl (C=O) groups is 1. The predicted molar refractivity (Wildman–Crippen MR) is 72.7 cm³/mol. The smallest absolute Gasteiger partial charge is 0.224 e.